The average molecular weight is 285 g/mol. The summed E-state index contributed by atoms with van der Waals surface area (Å²) in [6.45, 7) is 4.25. The first-order valence-corrected chi connectivity index (χ1v) is 7.17. The van der Waals surface area contributed by atoms with E-state index in [-0.39, 0.29) is 37.4 Å². The number of ether oxygens (including phenoxy) is 2. The van der Waals surface area contributed by atoms with Crippen LogP contribution in [0.4, 0.5) is 0 Å². The van der Waals surface area contributed by atoms with Crippen LogP contribution in [0.3, 0.4) is 0 Å². The largest absolute Gasteiger partial charge is 0.466 e. The molecule has 0 aliphatic heterocycles. The third-order valence-corrected chi connectivity index (χ3v) is 3.44. The molecule has 1 aliphatic rings. The summed E-state index contributed by atoms with van der Waals surface area (Å²) in [7, 11) is 0. The smallest absolute Gasteiger partial charge is 0.315 e. The Balaban J connectivity index is 2.39. The van der Waals surface area contributed by atoms with Gasteiger partial charge in [-0.05, 0) is 32.6 Å². The van der Waals surface area contributed by atoms with Gasteiger partial charge < -0.3 is 14.8 Å². The molecule has 0 heterocycles. The Morgan fingerprint density at radius 1 is 1.15 bits per heavy atom. The van der Waals surface area contributed by atoms with Crippen LogP contribution >= 0.6 is 0 Å². The molecule has 6 heteroatoms. The quantitative estimate of drug-likeness (QED) is 0.532. The molecule has 1 N–H and O–H groups in total. The summed E-state index contributed by atoms with van der Waals surface area (Å²) in [4.78, 5) is 34.6. The third-order valence-electron chi connectivity index (χ3n) is 3.44. The van der Waals surface area contributed by atoms with Crippen molar-refractivity contribution in [1.82, 2.24) is 5.32 Å². The summed E-state index contributed by atoms with van der Waals surface area (Å²) in [5.41, 5.74) is 0. The molecule has 0 aromatic rings. The highest BCUT2D eigenvalue weighted by Crippen LogP contribution is 2.33. The van der Waals surface area contributed by atoms with Gasteiger partial charge in [0.1, 0.15) is 6.42 Å². The molecule has 0 bridgehead atoms. The molecule has 20 heavy (non-hydrogen) atoms. The summed E-state index contributed by atoms with van der Waals surface area (Å²) in [5.74, 6) is -1.28. The highest BCUT2D eigenvalue weighted by molar-refractivity contribution is 5.94. The second-order valence-electron chi connectivity index (χ2n) is 4.84. The van der Waals surface area contributed by atoms with Crippen molar-refractivity contribution >= 4 is 17.8 Å². The molecular weight excluding hydrogens is 262 g/mol. The molecule has 0 spiro atoms. The van der Waals surface area contributed by atoms with Crippen LogP contribution in [-0.4, -0.2) is 37.6 Å². The fraction of sp³-hybridized carbons (Fsp3) is 0.786. The molecule has 0 aromatic carbocycles. The Bertz CT molecular complexity index is 351. The minimum Gasteiger partial charge on any atom is -0.466 e. The van der Waals surface area contributed by atoms with E-state index in [1.54, 1.807) is 13.8 Å². The lowest BCUT2D eigenvalue weighted by atomic mass is 9.76. The monoisotopic (exact) mass is 285 g/mol. The molecule has 1 amide bonds. The van der Waals surface area contributed by atoms with Gasteiger partial charge in [-0.1, -0.05) is 6.42 Å². The lowest BCUT2D eigenvalue weighted by Crippen LogP contribution is -2.40. The second kappa shape index (κ2) is 8.55. The first kappa shape index (κ1) is 16.5. The lowest BCUT2D eigenvalue weighted by molar-refractivity contribution is -0.151. The van der Waals surface area contributed by atoms with E-state index in [9.17, 15) is 14.4 Å². The van der Waals surface area contributed by atoms with Gasteiger partial charge in [0, 0.05) is 6.54 Å². The number of esters is 2. The van der Waals surface area contributed by atoms with Crippen molar-refractivity contribution < 1.29 is 23.9 Å². The van der Waals surface area contributed by atoms with Crippen LogP contribution in [-0.2, 0) is 23.9 Å². The van der Waals surface area contributed by atoms with Crippen molar-refractivity contribution in [1.29, 1.82) is 0 Å². The maximum atomic E-state index is 11.8. The van der Waals surface area contributed by atoms with Crippen molar-refractivity contribution in [2.45, 2.75) is 39.5 Å². The Labute approximate surface area is 119 Å². The number of carbonyl (C=O) groups excluding carboxylic acids is 3. The van der Waals surface area contributed by atoms with Crippen molar-refractivity contribution in [2.75, 3.05) is 19.8 Å². The zero-order chi connectivity index (χ0) is 15.0. The predicted molar refractivity (Wildman–Crippen MR) is 71.7 cm³/mol. The molecule has 1 fully saturated rings. The Morgan fingerprint density at radius 2 is 1.80 bits per heavy atom. The lowest BCUT2D eigenvalue weighted by Gasteiger charge is -2.32. The minimum atomic E-state index is -0.554. The average Bonchev–Trinajstić information content (AvgIpc) is 2.32. The SMILES string of the molecule is CCOC(=O)CC(=O)NCC(C(=O)OCC)C1CCC1. The Kier molecular flexibility index (Phi) is 7.04. The molecule has 0 saturated heterocycles. The molecule has 1 rings (SSSR count). The molecule has 1 unspecified atom stereocenters. The van der Waals surface area contributed by atoms with Crippen LogP contribution in [0.5, 0.6) is 0 Å². The van der Waals surface area contributed by atoms with Gasteiger partial charge in [-0.3, -0.25) is 14.4 Å². The van der Waals surface area contributed by atoms with Crippen LogP contribution < -0.4 is 5.32 Å². The van der Waals surface area contributed by atoms with Crippen LogP contribution in [0, 0.1) is 11.8 Å². The van der Waals surface area contributed by atoms with Crippen molar-refractivity contribution in [3.63, 3.8) is 0 Å². The zero-order valence-corrected chi connectivity index (χ0v) is 12.1. The molecular formula is C14H23NO5. The summed E-state index contributed by atoms with van der Waals surface area (Å²) in [5, 5.41) is 2.62. The van der Waals surface area contributed by atoms with E-state index >= 15 is 0 Å². The fourth-order valence-electron chi connectivity index (χ4n) is 2.16. The topological polar surface area (TPSA) is 81.7 Å². The second-order valence-corrected chi connectivity index (χ2v) is 4.84. The maximum absolute atomic E-state index is 11.8. The first-order chi connectivity index (χ1) is 9.58. The van der Waals surface area contributed by atoms with Crippen LogP contribution in [0.25, 0.3) is 0 Å². The fourth-order valence-corrected chi connectivity index (χ4v) is 2.16. The number of hydrogen-bond donors (Lipinski definition) is 1. The van der Waals surface area contributed by atoms with E-state index in [0.717, 1.165) is 19.3 Å². The Hall–Kier alpha value is -1.59. The molecule has 6 nitrogen and oxygen atoms in total. The van der Waals surface area contributed by atoms with E-state index in [1.807, 2.05) is 0 Å². The standard InChI is InChI=1S/C14H23NO5/c1-3-19-13(17)8-12(16)15-9-11(10-6-5-7-10)14(18)20-4-2/h10-11H,3-9H2,1-2H3,(H,15,16). The van der Waals surface area contributed by atoms with Gasteiger partial charge in [-0.15, -0.1) is 0 Å². The molecule has 0 aromatic heterocycles. The van der Waals surface area contributed by atoms with Crippen LogP contribution in [0.2, 0.25) is 0 Å². The molecule has 114 valence electrons. The van der Waals surface area contributed by atoms with Crippen molar-refractivity contribution in [2.24, 2.45) is 11.8 Å². The van der Waals surface area contributed by atoms with Crippen molar-refractivity contribution in [3.8, 4) is 0 Å². The predicted octanol–water partition coefficient (Wildman–Crippen LogP) is 1.04. The molecule has 0 radical (unpaired) electrons. The van der Waals surface area contributed by atoms with Gasteiger partial charge >= 0.3 is 11.9 Å². The third kappa shape index (κ3) is 5.19. The Morgan fingerprint density at radius 3 is 2.30 bits per heavy atom. The summed E-state index contributed by atoms with van der Waals surface area (Å²) >= 11 is 0. The van der Waals surface area contributed by atoms with Gasteiger partial charge in [-0.25, -0.2) is 0 Å². The van der Waals surface area contributed by atoms with Gasteiger partial charge in [0.05, 0.1) is 19.1 Å². The zero-order valence-electron chi connectivity index (χ0n) is 12.1. The van der Waals surface area contributed by atoms with Gasteiger partial charge in [0.25, 0.3) is 0 Å². The highest BCUT2D eigenvalue weighted by Gasteiger charge is 2.33. The summed E-state index contributed by atoms with van der Waals surface area (Å²) in [6, 6.07) is 0. The van der Waals surface area contributed by atoms with E-state index in [4.69, 9.17) is 9.47 Å². The number of nitrogens with one attached hydrogen (secondary N) is 1. The van der Waals surface area contributed by atoms with Crippen molar-refractivity contribution in [3.05, 3.63) is 0 Å². The van der Waals surface area contributed by atoms with Gasteiger partial charge in [-0.2, -0.15) is 0 Å². The summed E-state index contributed by atoms with van der Waals surface area (Å²) in [6.07, 6.45) is 2.76. The van der Waals surface area contributed by atoms with E-state index < -0.39 is 11.9 Å². The van der Waals surface area contributed by atoms with Gasteiger partial charge in [0.2, 0.25) is 5.91 Å². The minimum absolute atomic E-state index is 0.224. The molecule has 1 aliphatic carbocycles. The van der Waals surface area contributed by atoms with Gasteiger partial charge in [0.15, 0.2) is 0 Å². The van der Waals surface area contributed by atoms with Crippen LogP contribution in [0.15, 0.2) is 0 Å². The highest BCUT2D eigenvalue weighted by atomic mass is 16.5. The van der Waals surface area contributed by atoms with Crippen LogP contribution in [0.1, 0.15) is 39.5 Å². The normalized spacial score (nSPS) is 15.9. The van der Waals surface area contributed by atoms with E-state index in [2.05, 4.69) is 5.32 Å². The van der Waals surface area contributed by atoms with E-state index in [0.29, 0.717) is 6.61 Å². The van der Waals surface area contributed by atoms with E-state index in [1.165, 1.54) is 0 Å². The number of amides is 1. The molecule has 1 saturated carbocycles. The molecule has 1 atom stereocenters. The number of carbonyl (C=O) groups is 3. The maximum Gasteiger partial charge on any atom is 0.315 e. The number of rotatable bonds is 8. The first-order valence-electron chi connectivity index (χ1n) is 7.17. The summed E-state index contributed by atoms with van der Waals surface area (Å²) < 4.78 is 9.72. The number of hydrogen-bond acceptors (Lipinski definition) is 5.